The maximum atomic E-state index is 14.1. The molecule has 51 heavy (non-hydrogen) atoms. The third kappa shape index (κ3) is 11.7. The minimum absolute atomic E-state index is 0.0221. The molecule has 2 fully saturated rings. The molecule has 0 aliphatic carbocycles. The molecule has 0 spiro atoms. The van der Waals surface area contributed by atoms with Crippen molar-refractivity contribution in [2.24, 2.45) is 5.73 Å². The van der Waals surface area contributed by atoms with Gasteiger partial charge >= 0.3 is 0 Å². The molecule has 0 saturated carbocycles. The van der Waals surface area contributed by atoms with Crippen LogP contribution in [0.25, 0.3) is 0 Å². The Morgan fingerprint density at radius 3 is 2.08 bits per heavy atom. The monoisotopic (exact) mass is 723 g/mol. The van der Waals surface area contributed by atoms with E-state index < -0.39 is 72.2 Å². The molecule has 0 radical (unpaired) electrons. The Morgan fingerprint density at radius 1 is 0.745 bits per heavy atom. The van der Waals surface area contributed by atoms with Crippen molar-refractivity contribution < 1.29 is 33.9 Å². The lowest BCUT2D eigenvalue weighted by atomic mass is 10.0. The Balaban J connectivity index is 1.68. The van der Waals surface area contributed by atoms with Gasteiger partial charge in [-0.15, -0.1) is 0 Å². The van der Waals surface area contributed by atoms with E-state index in [9.17, 15) is 33.9 Å². The van der Waals surface area contributed by atoms with Crippen LogP contribution in [0.5, 0.6) is 5.75 Å². The molecule has 15 heteroatoms. The molecule has 0 aromatic heterocycles. The molecule has 2 aromatic rings. The summed E-state index contributed by atoms with van der Waals surface area (Å²) in [5.41, 5.74) is 7.14. The largest absolute Gasteiger partial charge is 0.508 e. The third-order valence-corrected chi connectivity index (χ3v) is 9.65. The number of rotatable bonds is 11. The SMILES string of the molecule is CSCCC1NC(=O)C(Cc2ccc(O)cc2)NC(=O)C(CCCCN)NC(=O)C2CCCN2C(=O)C(Cc2ccccc2)NC(=O)CNC1=O. The van der Waals surface area contributed by atoms with E-state index in [2.05, 4.69) is 26.6 Å². The highest BCUT2D eigenvalue weighted by Crippen LogP contribution is 2.21. The number of aromatic hydroxyl groups is 1. The first-order chi connectivity index (χ1) is 24.6. The highest BCUT2D eigenvalue weighted by molar-refractivity contribution is 7.98. The fourth-order valence-electron chi connectivity index (χ4n) is 6.24. The van der Waals surface area contributed by atoms with E-state index in [0.717, 1.165) is 5.56 Å². The number of phenolic OH excluding ortho intramolecular Hbond substituents is 1. The number of nitrogens with two attached hydrogens (primary N) is 1. The number of hydrogen-bond acceptors (Lipinski definition) is 9. The molecule has 2 aromatic carbocycles. The predicted octanol–water partition coefficient (Wildman–Crippen LogP) is 0.120. The van der Waals surface area contributed by atoms with Crippen molar-refractivity contribution in [1.29, 1.82) is 0 Å². The van der Waals surface area contributed by atoms with Crippen LogP contribution in [-0.4, -0.2) is 107 Å². The predicted molar refractivity (Wildman–Crippen MR) is 193 cm³/mol. The Hall–Kier alpha value is -4.63. The molecule has 2 aliphatic heterocycles. The Bertz CT molecular complexity index is 1510. The van der Waals surface area contributed by atoms with Crippen LogP contribution in [-0.2, 0) is 41.6 Å². The van der Waals surface area contributed by atoms with E-state index in [4.69, 9.17) is 5.73 Å². The van der Waals surface area contributed by atoms with Crippen molar-refractivity contribution in [2.45, 2.75) is 81.6 Å². The number of benzene rings is 2. The van der Waals surface area contributed by atoms with Crippen molar-refractivity contribution >= 4 is 47.2 Å². The van der Waals surface area contributed by atoms with Gasteiger partial charge in [-0.1, -0.05) is 42.5 Å². The first-order valence-electron chi connectivity index (χ1n) is 17.4. The molecule has 14 nitrogen and oxygen atoms in total. The van der Waals surface area contributed by atoms with Gasteiger partial charge in [-0.2, -0.15) is 11.8 Å². The lowest BCUT2D eigenvalue weighted by Crippen LogP contribution is -2.60. The molecule has 4 rings (SSSR count). The van der Waals surface area contributed by atoms with Crippen molar-refractivity contribution in [3.63, 3.8) is 0 Å². The topological polar surface area (TPSA) is 212 Å². The fourth-order valence-corrected chi connectivity index (χ4v) is 6.72. The van der Waals surface area contributed by atoms with Gasteiger partial charge in [-0.05, 0) is 80.3 Å². The first-order valence-corrected chi connectivity index (χ1v) is 18.8. The quantitative estimate of drug-likeness (QED) is 0.157. The molecule has 0 bridgehead atoms. The number of thioether (sulfide) groups is 1. The second kappa shape index (κ2) is 19.7. The molecule has 2 heterocycles. The highest BCUT2D eigenvalue weighted by atomic mass is 32.2. The van der Waals surface area contributed by atoms with Gasteiger partial charge in [0, 0.05) is 19.4 Å². The van der Waals surface area contributed by atoms with E-state index in [-0.39, 0.29) is 38.0 Å². The van der Waals surface area contributed by atoms with Crippen molar-refractivity contribution in [2.75, 3.05) is 31.6 Å². The van der Waals surface area contributed by atoms with Gasteiger partial charge in [0.2, 0.25) is 35.4 Å². The van der Waals surface area contributed by atoms with Gasteiger partial charge in [-0.3, -0.25) is 28.8 Å². The second-order valence-electron chi connectivity index (χ2n) is 12.8. The molecule has 2 saturated heterocycles. The summed E-state index contributed by atoms with van der Waals surface area (Å²) >= 11 is 1.47. The number of unbranched alkanes of at least 4 members (excludes halogenated alkanes) is 1. The number of hydrogen-bond donors (Lipinski definition) is 7. The normalized spacial score (nSPS) is 24.0. The summed E-state index contributed by atoms with van der Waals surface area (Å²) in [7, 11) is 0. The van der Waals surface area contributed by atoms with Gasteiger partial charge in [0.05, 0.1) is 6.54 Å². The summed E-state index contributed by atoms with van der Waals surface area (Å²) in [6.45, 7) is 0.211. The molecule has 8 N–H and O–H groups in total. The summed E-state index contributed by atoms with van der Waals surface area (Å²) in [5.74, 6) is -2.85. The summed E-state index contributed by atoms with van der Waals surface area (Å²) in [5, 5.41) is 23.5. The van der Waals surface area contributed by atoms with Crippen LogP contribution in [0.3, 0.4) is 0 Å². The lowest BCUT2D eigenvalue weighted by Gasteiger charge is -2.31. The molecule has 276 valence electrons. The number of carbonyl (C=O) groups is 6. The maximum absolute atomic E-state index is 14.1. The zero-order valence-electron chi connectivity index (χ0n) is 28.9. The zero-order chi connectivity index (χ0) is 36.8. The van der Waals surface area contributed by atoms with Crippen LogP contribution in [0.2, 0.25) is 0 Å². The molecular weight excluding hydrogens is 675 g/mol. The Morgan fingerprint density at radius 2 is 1.37 bits per heavy atom. The van der Waals surface area contributed by atoms with Crippen molar-refractivity contribution in [3.05, 3.63) is 65.7 Å². The Kier molecular flexibility index (Phi) is 15.1. The van der Waals surface area contributed by atoms with E-state index in [1.807, 2.05) is 36.6 Å². The van der Waals surface area contributed by atoms with Gasteiger partial charge in [0.1, 0.15) is 36.0 Å². The van der Waals surface area contributed by atoms with Crippen molar-refractivity contribution in [1.82, 2.24) is 31.5 Å². The fraction of sp³-hybridized carbons (Fsp3) is 0.500. The van der Waals surface area contributed by atoms with Crippen molar-refractivity contribution in [3.8, 4) is 5.75 Å². The lowest BCUT2D eigenvalue weighted by molar-refractivity contribution is -0.142. The van der Waals surface area contributed by atoms with E-state index in [1.54, 1.807) is 12.1 Å². The molecule has 5 unspecified atom stereocenters. The van der Waals surface area contributed by atoms with Gasteiger partial charge in [-0.25, -0.2) is 0 Å². The van der Waals surface area contributed by atoms with Gasteiger partial charge in [0.15, 0.2) is 0 Å². The standard InChI is InChI=1S/C36H49N7O7S/c1-51-19-16-27-32(46)38-22-31(45)39-29(21-23-8-3-2-4-9-23)36(50)43-18-7-11-30(43)35(49)41-26(10-5-6-17-37)33(47)42-28(34(48)40-27)20-24-12-14-25(44)15-13-24/h2-4,8-9,12-15,26-30,44H,5-7,10-11,16-22,37H2,1H3,(H,38,46)(H,39,45)(H,40,48)(H,41,49)(H,42,47). The van der Waals surface area contributed by atoms with Crippen LogP contribution >= 0.6 is 11.8 Å². The van der Waals surface area contributed by atoms with Crippen LogP contribution in [0.4, 0.5) is 0 Å². The summed E-state index contributed by atoms with van der Waals surface area (Å²) in [4.78, 5) is 83.8. The zero-order valence-corrected chi connectivity index (χ0v) is 29.7. The molecule has 2 aliphatic rings. The third-order valence-electron chi connectivity index (χ3n) is 9.01. The summed E-state index contributed by atoms with van der Waals surface area (Å²) < 4.78 is 0. The van der Waals surface area contributed by atoms with Crippen LogP contribution < -0.4 is 32.3 Å². The average Bonchev–Trinajstić information content (AvgIpc) is 3.62. The van der Waals surface area contributed by atoms with Crippen LogP contribution in [0, 0.1) is 0 Å². The maximum Gasteiger partial charge on any atom is 0.246 e. The number of nitrogens with one attached hydrogen (secondary N) is 5. The van der Waals surface area contributed by atoms with E-state index in [1.165, 1.54) is 28.8 Å². The second-order valence-corrected chi connectivity index (χ2v) is 13.8. The average molecular weight is 724 g/mol. The minimum atomic E-state index is -1.16. The van der Waals surface area contributed by atoms with Gasteiger partial charge < -0.3 is 42.3 Å². The number of fused-ring (bicyclic) bond motifs is 1. The first kappa shape index (κ1) is 39.2. The molecule has 5 atom stereocenters. The number of nitrogens with zero attached hydrogens (tertiary/aromatic N) is 1. The molecule has 6 amide bonds. The number of phenols is 1. The summed E-state index contributed by atoms with van der Waals surface area (Å²) in [6.07, 6.45) is 4.52. The van der Waals surface area contributed by atoms with Crippen LogP contribution in [0.1, 0.15) is 49.7 Å². The van der Waals surface area contributed by atoms with Crippen LogP contribution in [0.15, 0.2) is 54.6 Å². The summed E-state index contributed by atoms with van der Waals surface area (Å²) in [6, 6.07) is 10.2. The minimum Gasteiger partial charge on any atom is -0.508 e. The Labute approximate surface area is 302 Å². The van der Waals surface area contributed by atoms with Gasteiger partial charge in [0.25, 0.3) is 0 Å². The highest BCUT2D eigenvalue weighted by Gasteiger charge is 2.39. The van der Waals surface area contributed by atoms with E-state index >= 15 is 0 Å². The smallest absolute Gasteiger partial charge is 0.246 e. The molecular formula is C36H49N7O7S. The number of amides is 6. The number of carbonyl (C=O) groups excluding carboxylic acids is 6. The van der Waals surface area contributed by atoms with E-state index in [0.29, 0.717) is 43.5 Å².